The van der Waals surface area contributed by atoms with Crippen LogP contribution in [0.15, 0.2) is 29.6 Å². The van der Waals surface area contributed by atoms with Gasteiger partial charge in [0, 0.05) is 0 Å². The van der Waals surface area contributed by atoms with Gasteiger partial charge in [-0.2, -0.15) is 0 Å². The van der Waals surface area contributed by atoms with Crippen LogP contribution < -0.4 is 0 Å². The van der Waals surface area contributed by atoms with Gasteiger partial charge >= 0.3 is 0 Å². The second kappa shape index (κ2) is 4.53. The average Bonchev–Trinajstić information content (AvgIpc) is 2.60. The number of aryl methyl sites for hydroxylation is 1. The van der Waals surface area contributed by atoms with E-state index in [4.69, 9.17) is 11.6 Å². The van der Waals surface area contributed by atoms with E-state index in [0.29, 0.717) is 15.5 Å². The van der Waals surface area contributed by atoms with Gasteiger partial charge < -0.3 is 5.11 Å². The van der Waals surface area contributed by atoms with Crippen molar-refractivity contribution in [2.45, 2.75) is 13.0 Å². The highest BCUT2D eigenvalue weighted by molar-refractivity contribution is 7.10. The van der Waals surface area contributed by atoms with Crippen molar-refractivity contribution in [3.63, 3.8) is 0 Å². The quantitative estimate of drug-likeness (QED) is 0.863. The minimum atomic E-state index is -0.785. The molecule has 1 unspecified atom stereocenters. The molecule has 0 aliphatic rings. The Morgan fingerprint density at radius 2 is 1.94 bits per heavy atom. The number of benzene rings is 1. The lowest BCUT2D eigenvalue weighted by molar-refractivity contribution is 0.224. The van der Waals surface area contributed by atoms with Crippen LogP contribution in [-0.4, -0.2) is 5.11 Å². The SMILES string of the molecule is Cc1csc(C(O)c2ccc(F)cc2)c1Cl. The molecule has 0 spiro atoms. The van der Waals surface area contributed by atoms with E-state index in [1.807, 2.05) is 12.3 Å². The lowest BCUT2D eigenvalue weighted by atomic mass is 10.1. The van der Waals surface area contributed by atoms with Crippen LogP contribution >= 0.6 is 22.9 Å². The van der Waals surface area contributed by atoms with Gasteiger partial charge in [0.05, 0.1) is 9.90 Å². The largest absolute Gasteiger partial charge is 0.383 e. The number of aliphatic hydroxyl groups is 1. The van der Waals surface area contributed by atoms with Crippen LogP contribution in [0, 0.1) is 12.7 Å². The van der Waals surface area contributed by atoms with Gasteiger partial charge in [-0.3, -0.25) is 0 Å². The molecule has 0 fully saturated rings. The van der Waals surface area contributed by atoms with Crippen LogP contribution in [0.1, 0.15) is 22.1 Å². The molecule has 1 aromatic carbocycles. The standard InChI is InChI=1S/C12H10ClFOS/c1-7-6-16-12(10(7)13)11(15)8-2-4-9(14)5-3-8/h2-6,11,15H,1H3. The third kappa shape index (κ3) is 2.12. The number of rotatable bonds is 2. The molecule has 2 rings (SSSR count). The molecule has 0 aliphatic carbocycles. The fourth-order valence-electron chi connectivity index (χ4n) is 1.43. The lowest BCUT2D eigenvalue weighted by Gasteiger charge is -2.09. The first-order valence-corrected chi connectivity index (χ1v) is 6.02. The molecule has 1 atom stereocenters. The molecule has 0 saturated carbocycles. The summed E-state index contributed by atoms with van der Waals surface area (Å²) in [4.78, 5) is 0.700. The summed E-state index contributed by atoms with van der Waals surface area (Å²) in [6, 6.07) is 5.77. The van der Waals surface area contributed by atoms with E-state index >= 15 is 0 Å². The monoisotopic (exact) mass is 256 g/mol. The van der Waals surface area contributed by atoms with Gasteiger partial charge in [-0.25, -0.2) is 4.39 Å². The number of hydrogen-bond acceptors (Lipinski definition) is 2. The normalized spacial score (nSPS) is 12.8. The maximum atomic E-state index is 12.7. The van der Waals surface area contributed by atoms with Gasteiger partial charge in [0.2, 0.25) is 0 Å². The maximum Gasteiger partial charge on any atom is 0.123 e. The Bertz CT molecular complexity index is 492. The highest BCUT2D eigenvalue weighted by Gasteiger charge is 2.17. The van der Waals surface area contributed by atoms with E-state index in [1.54, 1.807) is 12.1 Å². The number of hydrogen-bond donors (Lipinski definition) is 1. The lowest BCUT2D eigenvalue weighted by Crippen LogP contribution is -1.97. The first-order valence-electron chi connectivity index (χ1n) is 4.76. The van der Waals surface area contributed by atoms with Gasteiger partial charge in [0.15, 0.2) is 0 Å². The molecule has 1 heterocycles. The molecule has 1 N–H and O–H groups in total. The molecule has 1 nitrogen and oxygen atoms in total. The zero-order valence-corrected chi connectivity index (χ0v) is 10.1. The van der Waals surface area contributed by atoms with Crippen molar-refractivity contribution in [2.24, 2.45) is 0 Å². The molecule has 1 aromatic heterocycles. The predicted octanol–water partition coefficient (Wildman–Crippen LogP) is 3.93. The molecule has 0 aliphatic heterocycles. The molecule has 16 heavy (non-hydrogen) atoms. The zero-order chi connectivity index (χ0) is 11.7. The molecular formula is C12H10ClFOS. The molecule has 0 bridgehead atoms. The summed E-state index contributed by atoms with van der Waals surface area (Å²) in [5.41, 5.74) is 1.59. The van der Waals surface area contributed by atoms with Gasteiger partial charge in [-0.15, -0.1) is 11.3 Å². The molecule has 0 amide bonds. The minimum absolute atomic E-state index is 0.315. The Labute approximate surface area is 102 Å². The highest BCUT2D eigenvalue weighted by atomic mass is 35.5. The van der Waals surface area contributed by atoms with Gasteiger partial charge in [0.1, 0.15) is 11.9 Å². The van der Waals surface area contributed by atoms with Crippen molar-refractivity contribution < 1.29 is 9.50 Å². The Morgan fingerprint density at radius 1 is 1.31 bits per heavy atom. The molecule has 4 heteroatoms. The number of aliphatic hydroxyl groups excluding tert-OH is 1. The van der Waals surface area contributed by atoms with E-state index in [-0.39, 0.29) is 5.82 Å². The number of thiophene rings is 1. The third-order valence-electron chi connectivity index (χ3n) is 2.36. The minimum Gasteiger partial charge on any atom is -0.383 e. The van der Waals surface area contributed by atoms with Crippen LogP contribution in [0.2, 0.25) is 5.02 Å². The summed E-state index contributed by atoms with van der Waals surface area (Å²) in [5.74, 6) is -0.315. The van der Waals surface area contributed by atoms with Crippen molar-refractivity contribution in [2.75, 3.05) is 0 Å². The fraction of sp³-hybridized carbons (Fsp3) is 0.167. The maximum absolute atomic E-state index is 12.7. The highest BCUT2D eigenvalue weighted by Crippen LogP contribution is 2.35. The summed E-state index contributed by atoms with van der Waals surface area (Å²) in [6.07, 6.45) is -0.785. The summed E-state index contributed by atoms with van der Waals surface area (Å²) >= 11 is 7.47. The van der Waals surface area contributed by atoms with Crippen LogP contribution in [0.4, 0.5) is 4.39 Å². The van der Waals surface area contributed by atoms with Crippen molar-refractivity contribution >= 4 is 22.9 Å². The molecule has 0 radical (unpaired) electrons. The van der Waals surface area contributed by atoms with Gasteiger partial charge in [0.25, 0.3) is 0 Å². The van der Waals surface area contributed by atoms with Gasteiger partial charge in [-0.1, -0.05) is 23.7 Å². The summed E-state index contributed by atoms with van der Waals surface area (Å²) < 4.78 is 12.7. The first-order chi connectivity index (χ1) is 7.59. The predicted molar refractivity (Wildman–Crippen MR) is 64.5 cm³/mol. The van der Waals surface area contributed by atoms with Crippen LogP contribution in [-0.2, 0) is 0 Å². The van der Waals surface area contributed by atoms with E-state index in [9.17, 15) is 9.50 Å². The summed E-state index contributed by atoms with van der Waals surface area (Å²) in [6.45, 7) is 1.89. The van der Waals surface area contributed by atoms with E-state index in [0.717, 1.165) is 5.56 Å². The van der Waals surface area contributed by atoms with Crippen molar-refractivity contribution in [3.05, 3.63) is 56.5 Å². The van der Waals surface area contributed by atoms with Crippen molar-refractivity contribution in [3.8, 4) is 0 Å². The third-order valence-corrected chi connectivity index (χ3v) is 4.13. The fourth-order valence-corrected chi connectivity index (χ4v) is 2.74. The van der Waals surface area contributed by atoms with Crippen LogP contribution in [0.3, 0.4) is 0 Å². The molecular weight excluding hydrogens is 247 g/mol. The molecule has 0 saturated heterocycles. The molecule has 84 valence electrons. The smallest absolute Gasteiger partial charge is 0.123 e. The van der Waals surface area contributed by atoms with Crippen molar-refractivity contribution in [1.29, 1.82) is 0 Å². The summed E-state index contributed by atoms with van der Waals surface area (Å²) in [7, 11) is 0. The van der Waals surface area contributed by atoms with E-state index in [1.165, 1.54) is 23.5 Å². The van der Waals surface area contributed by atoms with Crippen LogP contribution in [0.25, 0.3) is 0 Å². The Morgan fingerprint density at radius 3 is 2.44 bits per heavy atom. The first kappa shape index (κ1) is 11.6. The van der Waals surface area contributed by atoms with E-state index < -0.39 is 6.10 Å². The Kier molecular flexibility index (Phi) is 3.28. The second-order valence-corrected chi connectivity index (χ2v) is 4.84. The van der Waals surface area contributed by atoms with E-state index in [2.05, 4.69) is 0 Å². The van der Waals surface area contributed by atoms with Gasteiger partial charge in [-0.05, 0) is 35.6 Å². The summed E-state index contributed by atoms with van der Waals surface area (Å²) in [5, 5.41) is 12.6. The topological polar surface area (TPSA) is 20.2 Å². The zero-order valence-electron chi connectivity index (χ0n) is 8.58. The number of halogens is 2. The van der Waals surface area contributed by atoms with Crippen LogP contribution in [0.5, 0.6) is 0 Å². The average molecular weight is 257 g/mol. The Balaban J connectivity index is 2.35. The molecule has 2 aromatic rings. The van der Waals surface area contributed by atoms with Crippen molar-refractivity contribution in [1.82, 2.24) is 0 Å². The second-order valence-electron chi connectivity index (χ2n) is 3.55. The Hall–Kier alpha value is -0.900.